The molecule has 0 aliphatic carbocycles. The smallest absolute Gasteiger partial charge is 0.410 e. The number of nitrogens with two attached hydrogens (primary N) is 1. The SMILES string of the molecule is CC(C)(C)OC(=O)N1CCC(NC(=O)[C@H]2CC[C@H](N)CN2)CC1. The van der Waals surface area contributed by atoms with Gasteiger partial charge in [0.2, 0.25) is 5.91 Å². The molecular weight excluding hydrogens is 296 g/mol. The van der Waals surface area contributed by atoms with Crippen LogP contribution in [-0.4, -0.2) is 60.3 Å². The summed E-state index contributed by atoms with van der Waals surface area (Å²) in [6.07, 6.45) is 2.91. The van der Waals surface area contributed by atoms with Gasteiger partial charge in [0.1, 0.15) is 5.60 Å². The standard InChI is InChI=1S/C16H30N4O3/c1-16(2,3)23-15(22)20-8-6-12(7-9-20)19-14(21)13-5-4-11(17)10-18-13/h11-13,18H,4-10,17H2,1-3H3,(H,19,21)/t11-,13+/m0/s1. The van der Waals surface area contributed by atoms with Gasteiger partial charge in [0.05, 0.1) is 6.04 Å². The van der Waals surface area contributed by atoms with Crippen molar-refractivity contribution in [2.75, 3.05) is 19.6 Å². The highest BCUT2D eigenvalue weighted by Gasteiger charge is 2.30. The van der Waals surface area contributed by atoms with Crippen molar-refractivity contribution in [2.24, 2.45) is 5.73 Å². The first-order chi connectivity index (χ1) is 10.7. The summed E-state index contributed by atoms with van der Waals surface area (Å²) < 4.78 is 5.38. The Labute approximate surface area is 138 Å². The molecule has 7 heteroatoms. The van der Waals surface area contributed by atoms with Gasteiger partial charge in [-0.05, 0) is 46.5 Å². The minimum absolute atomic E-state index is 0.0487. The van der Waals surface area contributed by atoms with Crippen LogP contribution in [0.5, 0.6) is 0 Å². The molecule has 2 fully saturated rings. The zero-order chi connectivity index (χ0) is 17.0. The molecule has 2 amide bonds. The molecule has 0 saturated carbocycles. The number of nitrogens with zero attached hydrogens (tertiary/aromatic N) is 1. The van der Waals surface area contributed by atoms with Crippen molar-refractivity contribution >= 4 is 12.0 Å². The molecule has 7 nitrogen and oxygen atoms in total. The van der Waals surface area contributed by atoms with Gasteiger partial charge < -0.3 is 26.0 Å². The van der Waals surface area contributed by atoms with E-state index in [-0.39, 0.29) is 30.1 Å². The monoisotopic (exact) mass is 326 g/mol. The summed E-state index contributed by atoms with van der Waals surface area (Å²) in [5.41, 5.74) is 5.35. The first kappa shape index (κ1) is 18.0. The number of rotatable bonds is 2. The summed E-state index contributed by atoms with van der Waals surface area (Å²) in [5.74, 6) is 0.0487. The van der Waals surface area contributed by atoms with E-state index in [1.807, 2.05) is 20.8 Å². The zero-order valence-electron chi connectivity index (χ0n) is 14.4. The highest BCUT2D eigenvalue weighted by Crippen LogP contribution is 2.16. The molecule has 0 aromatic carbocycles. The van der Waals surface area contributed by atoms with Gasteiger partial charge in [0, 0.05) is 31.7 Å². The number of piperidine rings is 2. The summed E-state index contributed by atoms with van der Waals surface area (Å²) >= 11 is 0. The molecule has 0 aromatic heterocycles. The molecular formula is C16H30N4O3. The molecule has 132 valence electrons. The van der Waals surface area contributed by atoms with Crippen LogP contribution in [0.15, 0.2) is 0 Å². The first-order valence-electron chi connectivity index (χ1n) is 8.52. The molecule has 0 aromatic rings. The number of hydrogen-bond donors (Lipinski definition) is 3. The lowest BCUT2D eigenvalue weighted by molar-refractivity contribution is -0.124. The topological polar surface area (TPSA) is 96.7 Å². The van der Waals surface area contributed by atoms with E-state index in [0.29, 0.717) is 19.6 Å². The lowest BCUT2D eigenvalue weighted by atomic mass is 9.99. The number of likely N-dealkylation sites (tertiary alicyclic amines) is 1. The molecule has 2 rings (SSSR count). The van der Waals surface area contributed by atoms with E-state index in [4.69, 9.17) is 10.5 Å². The van der Waals surface area contributed by atoms with Crippen molar-refractivity contribution < 1.29 is 14.3 Å². The van der Waals surface area contributed by atoms with Crippen LogP contribution in [0.25, 0.3) is 0 Å². The maximum absolute atomic E-state index is 12.3. The minimum Gasteiger partial charge on any atom is -0.444 e. The van der Waals surface area contributed by atoms with Gasteiger partial charge in [0.25, 0.3) is 0 Å². The van der Waals surface area contributed by atoms with E-state index in [9.17, 15) is 9.59 Å². The largest absolute Gasteiger partial charge is 0.444 e. The van der Waals surface area contributed by atoms with Crippen molar-refractivity contribution in [3.8, 4) is 0 Å². The Bertz CT molecular complexity index is 420. The van der Waals surface area contributed by atoms with Gasteiger partial charge in [0.15, 0.2) is 0 Å². The molecule has 2 heterocycles. The lowest BCUT2D eigenvalue weighted by Crippen LogP contribution is -2.55. The van der Waals surface area contributed by atoms with Crippen molar-refractivity contribution in [1.82, 2.24) is 15.5 Å². The van der Waals surface area contributed by atoms with Crippen LogP contribution < -0.4 is 16.4 Å². The van der Waals surface area contributed by atoms with Crippen molar-refractivity contribution in [1.29, 1.82) is 0 Å². The number of hydrogen-bond acceptors (Lipinski definition) is 5. The summed E-state index contributed by atoms with van der Waals surface area (Å²) in [6.45, 7) is 7.50. The molecule has 0 spiro atoms. The maximum atomic E-state index is 12.3. The molecule has 2 aliphatic rings. The Morgan fingerprint density at radius 3 is 2.35 bits per heavy atom. The van der Waals surface area contributed by atoms with E-state index in [0.717, 1.165) is 25.7 Å². The minimum atomic E-state index is -0.477. The fourth-order valence-electron chi connectivity index (χ4n) is 2.94. The highest BCUT2D eigenvalue weighted by atomic mass is 16.6. The Morgan fingerprint density at radius 2 is 1.83 bits per heavy atom. The zero-order valence-corrected chi connectivity index (χ0v) is 14.4. The third kappa shape index (κ3) is 5.66. The van der Waals surface area contributed by atoms with E-state index < -0.39 is 5.60 Å². The normalized spacial score (nSPS) is 26.7. The number of amides is 2. The quantitative estimate of drug-likeness (QED) is 0.690. The number of ether oxygens (including phenoxy) is 1. The Kier molecular flexibility index (Phi) is 5.86. The second kappa shape index (κ2) is 7.49. The first-order valence-corrected chi connectivity index (χ1v) is 8.52. The Hall–Kier alpha value is -1.34. The average Bonchev–Trinajstić information content (AvgIpc) is 2.46. The van der Waals surface area contributed by atoms with Crippen LogP contribution in [0.1, 0.15) is 46.5 Å². The second-order valence-corrected chi connectivity index (χ2v) is 7.55. The number of carbonyl (C=O) groups is 2. The van der Waals surface area contributed by atoms with E-state index in [2.05, 4.69) is 10.6 Å². The maximum Gasteiger partial charge on any atom is 0.410 e. The number of carbonyl (C=O) groups excluding carboxylic acids is 2. The van der Waals surface area contributed by atoms with Crippen molar-refractivity contribution in [3.05, 3.63) is 0 Å². The predicted molar refractivity (Wildman–Crippen MR) is 88.0 cm³/mol. The fourth-order valence-corrected chi connectivity index (χ4v) is 2.94. The summed E-state index contributed by atoms with van der Waals surface area (Å²) in [4.78, 5) is 26.0. The van der Waals surface area contributed by atoms with E-state index in [1.165, 1.54) is 0 Å². The molecule has 2 aliphatic heterocycles. The van der Waals surface area contributed by atoms with Crippen molar-refractivity contribution in [2.45, 2.75) is 70.2 Å². The third-order valence-electron chi connectivity index (χ3n) is 4.26. The van der Waals surface area contributed by atoms with Crippen molar-refractivity contribution in [3.63, 3.8) is 0 Å². The Balaban J connectivity index is 1.72. The Morgan fingerprint density at radius 1 is 1.17 bits per heavy atom. The third-order valence-corrected chi connectivity index (χ3v) is 4.26. The van der Waals surface area contributed by atoms with E-state index in [1.54, 1.807) is 4.90 Å². The van der Waals surface area contributed by atoms with E-state index >= 15 is 0 Å². The molecule has 4 N–H and O–H groups in total. The van der Waals surface area contributed by atoms with Crippen LogP contribution in [0.3, 0.4) is 0 Å². The van der Waals surface area contributed by atoms with Crippen LogP contribution in [-0.2, 0) is 9.53 Å². The lowest BCUT2D eigenvalue weighted by Gasteiger charge is -2.35. The van der Waals surface area contributed by atoms with Crippen LogP contribution in [0, 0.1) is 0 Å². The number of nitrogens with one attached hydrogen (secondary N) is 2. The second-order valence-electron chi connectivity index (χ2n) is 7.55. The fraction of sp³-hybridized carbons (Fsp3) is 0.875. The molecule has 0 radical (unpaired) electrons. The van der Waals surface area contributed by atoms with Gasteiger partial charge in [-0.2, -0.15) is 0 Å². The van der Waals surface area contributed by atoms with Crippen LogP contribution in [0.2, 0.25) is 0 Å². The molecule has 2 saturated heterocycles. The summed E-state index contributed by atoms with van der Waals surface area (Å²) in [5, 5.41) is 6.28. The molecule has 23 heavy (non-hydrogen) atoms. The summed E-state index contributed by atoms with van der Waals surface area (Å²) in [6, 6.07) is 0.133. The molecule has 0 unspecified atom stereocenters. The highest BCUT2D eigenvalue weighted by molar-refractivity contribution is 5.82. The van der Waals surface area contributed by atoms with Gasteiger partial charge in [-0.25, -0.2) is 4.79 Å². The van der Waals surface area contributed by atoms with Gasteiger partial charge >= 0.3 is 6.09 Å². The van der Waals surface area contributed by atoms with Gasteiger partial charge in [-0.15, -0.1) is 0 Å². The van der Waals surface area contributed by atoms with Gasteiger partial charge in [-0.1, -0.05) is 0 Å². The molecule has 0 bridgehead atoms. The summed E-state index contributed by atoms with van der Waals surface area (Å²) in [7, 11) is 0. The van der Waals surface area contributed by atoms with Crippen LogP contribution in [0.4, 0.5) is 4.79 Å². The van der Waals surface area contributed by atoms with Crippen LogP contribution >= 0.6 is 0 Å². The molecule has 2 atom stereocenters. The predicted octanol–water partition coefficient (Wildman–Crippen LogP) is 0.581. The average molecular weight is 326 g/mol. The van der Waals surface area contributed by atoms with Gasteiger partial charge in [-0.3, -0.25) is 4.79 Å².